The molecule has 0 N–H and O–H groups in total. The standard InChI is InChI=1S/C11H22ClNO3/c1-10-9-16-11(7-12)8-13(10)3-4-15-6-5-14-2/h10-11H,3-9H2,1-2H3. The zero-order valence-corrected chi connectivity index (χ0v) is 10.9. The Morgan fingerprint density at radius 3 is 2.88 bits per heavy atom. The molecule has 0 radical (unpaired) electrons. The molecule has 0 aromatic carbocycles. The van der Waals surface area contributed by atoms with E-state index in [1.807, 2.05) is 0 Å². The maximum absolute atomic E-state index is 5.80. The van der Waals surface area contributed by atoms with E-state index < -0.39 is 0 Å². The van der Waals surface area contributed by atoms with Gasteiger partial charge in [-0.05, 0) is 6.92 Å². The number of halogens is 1. The van der Waals surface area contributed by atoms with Gasteiger partial charge in [0.25, 0.3) is 0 Å². The van der Waals surface area contributed by atoms with Gasteiger partial charge in [-0.2, -0.15) is 0 Å². The first-order valence-corrected chi connectivity index (χ1v) is 6.29. The van der Waals surface area contributed by atoms with Gasteiger partial charge in [0.2, 0.25) is 0 Å². The number of hydrogen-bond donors (Lipinski definition) is 0. The second-order valence-corrected chi connectivity index (χ2v) is 4.37. The Morgan fingerprint density at radius 1 is 1.38 bits per heavy atom. The summed E-state index contributed by atoms with van der Waals surface area (Å²) in [5.74, 6) is 0.563. The molecule has 0 bridgehead atoms. The molecule has 0 amide bonds. The molecule has 0 aromatic heterocycles. The molecule has 16 heavy (non-hydrogen) atoms. The third-order valence-electron chi connectivity index (χ3n) is 2.76. The zero-order chi connectivity index (χ0) is 11.8. The van der Waals surface area contributed by atoms with E-state index in [0.717, 1.165) is 26.3 Å². The summed E-state index contributed by atoms with van der Waals surface area (Å²) in [6.45, 7) is 6.81. The molecular weight excluding hydrogens is 230 g/mol. The van der Waals surface area contributed by atoms with E-state index in [-0.39, 0.29) is 6.10 Å². The summed E-state index contributed by atoms with van der Waals surface area (Å²) in [5, 5.41) is 0. The van der Waals surface area contributed by atoms with Crippen LogP contribution >= 0.6 is 11.6 Å². The van der Waals surface area contributed by atoms with Crippen molar-refractivity contribution in [2.24, 2.45) is 0 Å². The largest absolute Gasteiger partial charge is 0.382 e. The molecule has 1 rings (SSSR count). The van der Waals surface area contributed by atoms with Crippen LogP contribution in [0.4, 0.5) is 0 Å². The summed E-state index contributed by atoms with van der Waals surface area (Å²) in [6, 6.07) is 0.450. The SMILES string of the molecule is COCCOCCN1CC(CCl)OCC1C. The van der Waals surface area contributed by atoms with Crippen LogP contribution < -0.4 is 0 Å². The van der Waals surface area contributed by atoms with Gasteiger partial charge in [-0.25, -0.2) is 0 Å². The molecule has 1 saturated heterocycles. The minimum absolute atomic E-state index is 0.164. The predicted octanol–water partition coefficient (Wildman–Crippen LogP) is 0.978. The van der Waals surface area contributed by atoms with Crippen LogP contribution in [0.3, 0.4) is 0 Å². The van der Waals surface area contributed by atoms with Crippen LogP contribution in [0.5, 0.6) is 0 Å². The molecule has 2 unspecified atom stereocenters. The topological polar surface area (TPSA) is 30.9 Å². The average Bonchev–Trinajstić information content (AvgIpc) is 2.31. The van der Waals surface area contributed by atoms with Crippen molar-refractivity contribution in [3.05, 3.63) is 0 Å². The molecule has 0 spiro atoms. The van der Waals surface area contributed by atoms with Gasteiger partial charge >= 0.3 is 0 Å². The van der Waals surface area contributed by atoms with Crippen molar-refractivity contribution >= 4 is 11.6 Å². The fraction of sp³-hybridized carbons (Fsp3) is 1.00. The third kappa shape index (κ3) is 4.97. The Labute approximate surface area is 103 Å². The number of hydrogen-bond acceptors (Lipinski definition) is 4. The fourth-order valence-electron chi connectivity index (χ4n) is 1.71. The van der Waals surface area contributed by atoms with Gasteiger partial charge in [-0.3, -0.25) is 4.90 Å². The van der Waals surface area contributed by atoms with Crippen molar-refractivity contribution in [2.45, 2.75) is 19.1 Å². The zero-order valence-electron chi connectivity index (χ0n) is 10.2. The molecule has 0 saturated carbocycles. The summed E-state index contributed by atoms with van der Waals surface area (Å²) in [4.78, 5) is 2.36. The molecule has 96 valence electrons. The van der Waals surface area contributed by atoms with Crippen molar-refractivity contribution < 1.29 is 14.2 Å². The monoisotopic (exact) mass is 251 g/mol. The lowest BCUT2D eigenvalue weighted by Gasteiger charge is -2.37. The summed E-state index contributed by atoms with van der Waals surface area (Å²) in [7, 11) is 1.68. The van der Waals surface area contributed by atoms with Gasteiger partial charge in [-0.1, -0.05) is 0 Å². The van der Waals surface area contributed by atoms with E-state index in [2.05, 4.69) is 11.8 Å². The fourth-order valence-corrected chi connectivity index (χ4v) is 1.89. The Kier molecular flexibility index (Phi) is 7.32. The van der Waals surface area contributed by atoms with Crippen LogP contribution in [0.1, 0.15) is 6.92 Å². The van der Waals surface area contributed by atoms with Gasteiger partial charge in [0.05, 0.1) is 32.5 Å². The Balaban J connectivity index is 2.13. The highest BCUT2D eigenvalue weighted by Crippen LogP contribution is 2.12. The molecular formula is C11H22ClNO3. The quantitative estimate of drug-likeness (QED) is 0.499. The van der Waals surface area contributed by atoms with E-state index in [0.29, 0.717) is 25.1 Å². The van der Waals surface area contributed by atoms with E-state index in [9.17, 15) is 0 Å². The second-order valence-electron chi connectivity index (χ2n) is 4.06. The first kappa shape index (κ1) is 14.2. The number of rotatable bonds is 7. The van der Waals surface area contributed by atoms with E-state index in [1.54, 1.807) is 7.11 Å². The summed E-state index contributed by atoms with van der Waals surface area (Å²) >= 11 is 5.80. The van der Waals surface area contributed by atoms with E-state index in [1.165, 1.54) is 0 Å². The van der Waals surface area contributed by atoms with Gasteiger partial charge in [-0.15, -0.1) is 11.6 Å². The van der Waals surface area contributed by atoms with Crippen LogP contribution in [-0.2, 0) is 14.2 Å². The Bertz CT molecular complexity index is 183. The minimum atomic E-state index is 0.164. The molecule has 2 atom stereocenters. The van der Waals surface area contributed by atoms with Crippen molar-refractivity contribution in [3.8, 4) is 0 Å². The number of morpholine rings is 1. The highest BCUT2D eigenvalue weighted by molar-refractivity contribution is 6.18. The maximum atomic E-state index is 5.80. The van der Waals surface area contributed by atoms with Crippen LogP contribution in [0.2, 0.25) is 0 Å². The second kappa shape index (κ2) is 8.25. The average molecular weight is 252 g/mol. The van der Waals surface area contributed by atoms with Crippen LogP contribution in [0, 0.1) is 0 Å². The molecule has 4 nitrogen and oxygen atoms in total. The van der Waals surface area contributed by atoms with Gasteiger partial charge in [0.15, 0.2) is 0 Å². The molecule has 0 aromatic rings. The number of methoxy groups -OCH3 is 1. The molecule has 0 aliphatic carbocycles. The first-order valence-electron chi connectivity index (χ1n) is 5.76. The van der Waals surface area contributed by atoms with E-state index in [4.69, 9.17) is 25.8 Å². The smallest absolute Gasteiger partial charge is 0.0837 e. The van der Waals surface area contributed by atoms with Crippen LogP contribution in [0.25, 0.3) is 0 Å². The summed E-state index contributed by atoms with van der Waals surface area (Å²) in [6.07, 6.45) is 0.164. The van der Waals surface area contributed by atoms with E-state index >= 15 is 0 Å². The normalized spacial score (nSPS) is 27.2. The molecule has 1 aliphatic heterocycles. The Morgan fingerprint density at radius 2 is 2.19 bits per heavy atom. The predicted molar refractivity (Wildman–Crippen MR) is 64.2 cm³/mol. The maximum Gasteiger partial charge on any atom is 0.0837 e. The lowest BCUT2D eigenvalue weighted by Crippen LogP contribution is -2.49. The van der Waals surface area contributed by atoms with Crippen LogP contribution in [0.15, 0.2) is 0 Å². The van der Waals surface area contributed by atoms with Crippen molar-refractivity contribution in [1.82, 2.24) is 4.90 Å². The van der Waals surface area contributed by atoms with Gasteiger partial charge < -0.3 is 14.2 Å². The molecule has 5 heteroatoms. The van der Waals surface area contributed by atoms with Crippen LogP contribution in [-0.4, -0.2) is 69.6 Å². The number of ether oxygens (including phenoxy) is 3. The molecule has 1 fully saturated rings. The van der Waals surface area contributed by atoms with Crippen molar-refractivity contribution in [1.29, 1.82) is 0 Å². The third-order valence-corrected chi connectivity index (χ3v) is 3.11. The van der Waals surface area contributed by atoms with Gasteiger partial charge in [0, 0.05) is 32.1 Å². The lowest BCUT2D eigenvalue weighted by molar-refractivity contribution is -0.0568. The summed E-state index contributed by atoms with van der Waals surface area (Å²) in [5.41, 5.74) is 0. The lowest BCUT2D eigenvalue weighted by atomic mass is 10.2. The molecule has 1 aliphatic rings. The van der Waals surface area contributed by atoms with Crippen molar-refractivity contribution in [3.63, 3.8) is 0 Å². The van der Waals surface area contributed by atoms with Gasteiger partial charge in [0.1, 0.15) is 0 Å². The number of alkyl halides is 1. The molecule has 1 heterocycles. The highest BCUT2D eigenvalue weighted by Gasteiger charge is 2.24. The Hall–Kier alpha value is 0.130. The van der Waals surface area contributed by atoms with Crippen molar-refractivity contribution in [2.75, 3.05) is 52.5 Å². The first-order chi connectivity index (χ1) is 7.77. The minimum Gasteiger partial charge on any atom is -0.382 e. The number of nitrogens with zero attached hydrogens (tertiary/aromatic N) is 1. The highest BCUT2D eigenvalue weighted by atomic mass is 35.5. The summed E-state index contributed by atoms with van der Waals surface area (Å²) < 4.78 is 15.9.